The van der Waals surface area contributed by atoms with Gasteiger partial charge in [-0.1, -0.05) is 17.7 Å². The van der Waals surface area contributed by atoms with Gasteiger partial charge in [-0.15, -0.1) is 11.3 Å². The Bertz CT molecular complexity index is 946. The number of thiophene rings is 1. The number of hydrogen-bond acceptors (Lipinski definition) is 6. The van der Waals surface area contributed by atoms with Crippen LogP contribution in [0.25, 0.3) is 10.2 Å². The molecule has 7 heteroatoms. The summed E-state index contributed by atoms with van der Waals surface area (Å²) in [6.45, 7) is 7.05. The molecule has 3 aromatic rings. The number of rotatable bonds is 4. The monoisotopic (exact) mass is 382 g/mol. The Labute approximate surface area is 162 Å². The van der Waals surface area contributed by atoms with Crippen LogP contribution in [0.5, 0.6) is 5.75 Å². The zero-order valence-corrected chi connectivity index (χ0v) is 16.3. The van der Waals surface area contributed by atoms with Crippen molar-refractivity contribution in [1.82, 2.24) is 14.9 Å². The Morgan fingerprint density at radius 2 is 1.85 bits per heavy atom. The Hall–Kier alpha value is -2.67. The van der Waals surface area contributed by atoms with Crippen LogP contribution < -0.4 is 9.64 Å². The SMILES string of the molecule is Cc1ccc(OCC(=O)N2CCN(c3ncnc4sc(C)cc34)CC2)cc1. The molecule has 0 bridgehead atoms. The van der Waals surface area contributed by atoms with Gasteiger partial charge in [-0.3, -0.25) is 4.79 Å². The number of aromatic nitrogens is 2. The molecule has 1 fully saturated rings. The highest BCUT2D eigenvalue weighted by atomic mass is 32.1. The van der Waals surface area contributed by atoms with Crippen molar-refractivity contribution in [2.75, 3.05) is 37.7 Å². The number of fused-ring (bicyclic) bond motifs is 1. The maximum absolute atomic E-state index is 12.5. The summed E-state index contributed by atoms with van der Waals surface area (Å²) < 4.78 is 5.62. The Balaban J connectivity index is 1.35. The van der Waals surface area contributed by atoms with Gasteiger partial charge in [0.1, 0.15) is 22.7 Å². The van der Waals surface area contributed by atoms with Crippen molar-refractivity contribution in [2.24, 2.45) is 0 Å². The summed E-state index contributed by atoms with van der Waals surface area (Å²) in [5, 5.41) is 1.10. The van der Waals surface area contributed by atoms with E-state index in [4.69, 9.17) is 4.74 Å². The van der Waals surface area contributed by atoms with Crippen LogP contribution in [0, 0.1) is 13.8 Å². The van der Waals surface area contributed by atoms with Crippen molar-refractivity contribution < 1.29 is 9.53 Å². The number of nitrogens with zero attached hydrogens (tertiary/aromatic N) is 4. The highest BCUT2D eigenvalue weighted by Crippen LogP contribution is 2.30. The largest absolute Gasteiger partial charge is 0.484 e. The summed E-state index contributed by atoms with van der Waals surface area (Å²) >= 11 is 1.68. The topological polar surface area (TPSA) is 58.6 Å². The summed E-state index contributed by atoms with van der Waals surface area (Å²) in [6, 6.07) is 9.89. The maximum Gasteiger partial charge on any atom is 0.260 e. The molecule has 140 valence electrons. The first-order valence-corrected chi connectivity index (χ1v) is 9.85. The molecule has 4 rings (SSSR count). The van der Waals surface area contributed by atoms with E-state index in [-0.39, 0.29) is 12.5 Å². The van der Waals surface area contributed by atoms with Crippen LogP contribution in [0.1, 0.15) is 10.4 Å². The first-order valence-electron chi connectivity index (χ1n) is 9.03. The molecule has 0 N–H and O–H groups in total. The van der Waals surface area contributed by atoms with Crippen LogP contribution in [0.2, 0.25) is 0 Å². The third-order valence-electron chi connectivity index (χ3n) is 4.75. The lowest BCUT2D eigenvalue weighted by Gasteiger charge is -2.35. The first-order chi connectivity index (χ1) is 13.1. The number of ether oxygens (including phenoxy) is 1. The van der Waals surface area contributed by atoms with Gasteiger partial charge < -0.3 is 14.5 Å². The Kier molecular flexibility index (Phi) is 4.94. The van der Waals surface area contributed by atoms with Gasteiger partial charge in [0.2, 0.25) is 0 Å². The van der Waals surface area contributed by atoms with E-state index in [0.717, 1.165) is 34.9 Å². The summed E-state index contributed by atoms with van der Waals surface area (Å²) in [4.78, 5) is 27.7. The third kappa shape index (κ3) is 3.88. The molecular formula is C20H22N4O2S. The second-order valence-electron chi connectivity index (χ2n) is 6.74. The smallest absolute Gasteiger partial charge is 0.260 e. The van der Waals surface area contributed by atoms with Gasteiger partial charge in [0.05, 0.1) is 5.39 Å². The van der Waals surface area contributed by atoms with Crippen LogP contribution in [0.3, 0.4) is 0 Å². The first kappa shape index (κ1) is 17.7. The highest BCUT2D eigenvalue weighted by molar-refractivity contribution is 7.18. The third-order valence-corrected chi connectivity index (χ3v) is 5.71. The van der Waals surface area contributed by atoms with Gasteiger partial charge in [0, 0.05) is 31.1 Å². The molecule has 0 radical (unpaired) electrons. The van der Waals surface area contributed by atoms with Crippen LogP contribution >= 0.6 is 11.3 Å². The van der Waals surface area contributed by atoms with Crippen molar-refractivity contribution >= 4 is 33.3 Å². The minimum absolute atomic E-state index is 0.0226. The van der Waals surface area contributed by atoms with Crippen LogP contribution in [-0.2, 0) is 4.79 Å². The molecule has 1 aliphatic heterocycles. The van der Waals surface area contributed by atoms with Crippen molar-refractivity contribution in [3.63, 3.8) is 0 Å². The minimum Gasteiger partial charge on any atom is -0.484 e. The number of carbonyl (C=O) groups is 1. The van der Waals surface area contributed by atoms with Crippen molar-refractivity contribution in [3.05, 3.63) is 47.1 Å². The fourth-order valence-electron chi connectivity index (χ4n) is 3.25. The van der Waals surface area contributed by atoms with Gasteiger partial charge in [0.15, 0.2) is 6.61 Å². The van der Waals surface area contributed by atoms with Crippen LogP contribution in [0.15, 0.2) is 36.7 Å². The summed E-state index contributed by atoms with van der Waals surface area (Å²) in [6.07, 6.45) is 1.63. The molecule has 3 heterocycles. The van der Waals surface area contributed by atoms with E-state index in [2.05, 4.69) is 27.9 Å². The molecule has 0 aliphatic carbocycles. The predicted octanol–water partition coefficient (Wildman–Crippen LogP) is 3.04. The lowest BCUT2D eigenvalue weighted by atomic mass is 10.2. The van der Waals surface area contributed by atoms with E-state index in [9.17, 15) is 4.79 Å². The Morgan fingerprint density at radius 3 is 2.59 bits per heavy atom. The second-order valence-corrected chi connectivity index (χ2v) is 7.98. The normalized spacial score (nSPS) is 14.6. The number of aryl methyl sites for hydroxylation is 2. The van der Waals surface area contributed by atoms with Gasteiger partial charge in [-0.05, 0) is 32.0 Å². The van der Waals surface area contributed by atoms with E-state index in [0.29, 0.717) is 13.1 Å². The van der Waals surface area contributed by atoms with E-state index in [1.165, 1.54) is 10.4 Å². The van der Waals surface area contributed by atoms with E-state index in [1.54, 1.807) is 17.7 Å². The number of anilines is 1. The molecule has 1 amide bonds. The molecule has 6 nitrogen and oxygen atoms in total. The Morgan fingerprint density at radius 1 is 1.11 bits per heavy atom. The van der Waals surface area contributed by atoms with Gasteiger partial charge in [0.25, 0.3) is 5.91 Å². The zero-order chi connectivity index (χ0) is 18.8. The van der Waals surface area contributed by atoms with E-state index < -0.39 is 0 Å². The molecule has 0 spiro atoms. The van der Waals surface area contributed by atoms with Gasteiger partial charge in [-0.2, -0.15) is 0 Å². The lowest BCUT2D eigenvalue weighted by Crippen LogP contribution is -2.50. The molecule has 0 atom stereocenters. The van der Waals surface area contributed by atoms with Gasteiger partial charge in [-0.25, -0.2) is 9.97 Å². The van der Waals surface area contributed by atoms with Crippen LogP contribution in [-0.4, -0.2) is 53.6 Å². The molecule has 1 aliphatic rings. The number of carbonyl (C=O) groups excluding carboxylic acids is 1. The zero-order valence-electron chi connectivity index (χ0n) is 15.5. The average molecular weight is 382 g/mol. The molecule has 2 aromatic heterocycles. The maximum atomic E-state index is 12.5. The minimum atomic E-state index is 0.0226. The molecule has 1 aromatic carbocycles. The summed E-state index contributed by atoms with van der Waals surface area (Å²) in [7, 11) is 0. The number of amides is 1. The fourth-order valence-corrected chi connectivity index (χ4v) is 4.10. The second kappa shape index (κ2) is 7.52. The van der Waals surface area contributed by atoms with Crippen LogP contribution in [0.4, 0.5) is 5.82 Å². The van der Waals surface area contributed by atoms with Gasteiger partial charge >= 0.3 is 0 Å². The van der Waals surface area contributed by atoms with Crippen molar-refractivity contribution in [1.29, 1.82) is 0 Å². The lowest BCUT2D eigenvalue weighted by molar-refractivity contribution is -0.133. The summed E-state index contributed by atoms with van der Waals surface area (Å²) in [5.41, 5.74) is 1.17. The van der Waals surface area contributed by atoms with Crippen molar-refractivity contribution in [2.45, 2.75) is 13.8 Å². The molecule has 0 unspecified atom stereocenters. The number of benzene rings is 1. The molecule has 1 saturated heterocycles. The standard InChI is InChI=1S/C20H22N4O2S/c1-14-3-5-16(6-4-14)26-12-18(25)23-7-9-24(10-8-23)19-17-11-15(2)27-20(17)22-13-21-19/h3-6,11,13H,7-10,12H2,1-2H3. The number of hydrogen-bond donors (Lipinski definition) is 0. The molecule has 27 heavy (non-hydrogen) atoms. The molecule has 0 saturated carbocycles. The van der Waals surface area contributed by atoms with E-state index in [1.807, 2.05) is 36.1 Å². The average Bonchev–Trinajstić information content (AvgIpc) is 3.07. The highest BCUT2D eigenvalue weighted by Gasteiger charge is 2.23. The predicted molar refractivity (Wildman–Crippen MR) is 108 cm³/mol. The number of piperazine rings is 1. The van der Waals surface area contributed by atoms with E-state index >= 15 is 0 Å². The quantitative estimate of drug-likeness (QED) is 0.694. The summed E-state index contributed by atoms with van der Waals surface area (Å²) in [5.74, 6) is 1.71. The fraction of sp³-hybridized carbons (Fsp3) is 0.350. The van der Waals surface area contributed by atoms with Crippen molar-refractivity contribution in [3.8, 4) is 5.75 Å². The molecular weight excluding hydrogens is 360 g/mol.